The van der Waals surface area contributed by atoms with E-state index in [4.69, 9.17) is 16.7 Å². The molecular formula is C12H14N4O. The van der Waals surface area contributed by atoms with Crippen molar-refractivity contribution in [3.8, 4) is 6.07 Å². The van der Waals surface area contributed by atoms with Gasteiger partial charge < -0.3 is 16.4 Å². The summed E-state index contributed by atoms with van der Waals surface area (Å²) in [6.07, 6.45) is 0.773. The first-order valence-corrected chi connectivity index (χ1v) is 5.45. The molecule has 1 atom stereocenters. The number of carbonyl (C=O) groups is 1. The number of hydrogen-bond donors (Lipinski definition) is 2. The molecule has 88 valence electrons. The zero-order valence-corrected chi connectivity index (χ0v) is 9.39. The molecule has 1 fully saturated rings. The van der Waals surface area contributed by atoms with Gasteiger partial charge in [-0.15, -0.1) is 0 Å². The molecule has 17 heavy (non-hydrogen) atoms. The minimum atomic E-state index is -0.255. The van der Waals surface area contributed by atoms with E-state index in [0.29, 0.717) is 17.8 Å². The summed E-state index contributed by atoms with van der Waals surface area (Å²) in [5, 5.41) is 8.78. The van der Waals surface area contributed by atoms with Crippen molar-refractivity contribution >= 4 is 17.3 Å². The Balaban J connectivity index is 2.17. The topological polar surface area (TPSA) is 96.1 Å². The Hall–Kier alpha value is -2.22. The van der Waals surface area contributed by atoms with Gasteiger partial charge in [0.05, 0.1) is 17.2 Å². The molecule has 0 spiro atoms. The van der Waals surface area contributed by atoms with Gasteiger partial charge in [-0.2, -0.15) is 5.26 Å². The number of carbonyl (C=O) groups excluding carboxylic acids is 1. The Labute approximate surface area is 99.6 Å². The Bertz CT molecular complexity index is 492. The highest BCUT2D eigenvalue weighted by Gasteiger charge is 2.26. The van der Waals surface area contributed by atoms with Crippen molar-refractivity contribution in [2.45, 2.75) is 6.42 Å². The summed E-state index contributed by atoms with van der Waals surface area (Å²) in [5.74, 6) is -0.346. The summed E-state index contributed by atoms with van der Waals surface area (Å²) < 4.78 is 0. The fraction of sp³-hybridized carbons (Fsp3) is 0.333. The van der Waals surface area contributed by atoms with E-state index in [1.54, 1.807) is 12.1 Å². The molecule has 1 aromatic carbocycles. The largest absolute Gasteiger partial charge is 0.398 e. The van der Waals surface area contributed by atoms with Crippen LogP contribution < -0.4 is 16.4 Å². The molecule has 0 aliphatic carbocycles. The van der Waals surface area contributed by atoms with Gasteiger partial charge >= 0.3 is 0 Å². The summed E-state index contributed by atoms with van der Waals surface area (Å²) >= 11 is 0. The third-order valence-corrected chi connectivity index (χ3v) is 3.11. The van der Waals surface area contributed by atoms with Crippen LogP contribution in [0, 0.1) is 17.2 Å². The lowest BCUT2D eigenvalue weighted by Crippen LogP contribution is -2.27. The molecule has 2 rings (SSSR count). The van der Waals surface area contributed by atoms with Gasteiger partial charge in [0, 0.05) is 18.8 Å². The van der Waals surface area contributed by atoms with E-state index in [9.17, 15) is 4.79 Å². The standard InChI is InChI=1S/C12H14N4O/c13-6-8-1-2-10(5-11(8)14)16-4-3-9(7-16)12(15)17/h1-2,5,9H,3-4,7,14H2,(H2,15,17). The molecule has 1 aliphatic heterocycles. The van der Waals surface area contributed by atoms with Crippen LogP contribution in [0.25, 0.3) is 0 Å². The second-order valence-corrected chi connectivity index (χ2v) is 4.22. The van der Waals surface area contributed by atoms with Crippen LogP contribution in [0.4, 0.5) is 11.4 Å². The Morgan fingerprint density at radius 1 is 1.53 bits per heavy atom. The predicted octanol–water partition coefficient (Wildman–Crippen LogP) is 0.452. The van der Waals surface area contributed by atoms with Gasteiger partial charge in [0.2, 0.25) is 5.91 Å². The number of benzene rings is 1. The number of rotatable bonds is 2. The van der Waals surface area contributed by atoms with Gasteiger partial charge in [0.25, 0.3) is 0 Å². The maximum absolute atomic E-state index is 11.1. The molecule has 4 N–H and O–H groups in total. The van der Waals surface area contributed by atoms with E-state index < -0.39 is 0 Å². The number of primary amides is 1. The minimum Gasteiger partial charge on any atom is -0.398 e. The molecular weight excluding hydrogens is 216 g/mol. The molecule has 0 aromatic heterocycles. The van der Waals surface area contributed by atoms with Gasteiger partial charge in [0.15, 0.2) is 0 Å². The summed E-state index contributed by atoms with van der Waals surface area (Å²) in [7, 11) is 0. The minimum absolute atomic E-state index is 0.0909. The number of amides is 1. The Morgan fingerprint density at radius 3 is 2.82 bits per heavy atom. The van der Waals surface area contributed by atoms with Crippen molar-refractivity contribution in [2.75, 3.05) is 23.7 Å². The van der Waals surface area contributed by atoms with Crippen molar-refractivity contribution in [1.82, 2.24) is 0 Å². The van der Waals surface area contributed by atoms with Crippen LogP contribution in [0.15, 0.2) is 18.2 Å². The second-order valence-electron chi connectivity index (χ2n) is 4.22. The zero-order valence-electron chi connectivity index (χ0n) is 9.39. The fourth-order valence-electron chi connectivity index (χ4n) is 2.08. The zero-order chi connectivity index (χ0) is 12.4. The van der Waals surface area contributed by atoms with Gasteiger partial charge in [0.1, 0.15) is 6.07 Å². The number of hydrogen-bond acceptors (Lipinski definition) is 4. The van der Waals surface area contributed by atoms with Crippen LogP contribution in [-0.2, 0) is 4.79 Å². The summed E-state index contributed by atoms with van der Waals surface area (Å²) in [5.41, 5.74) is 12.9. The first-order chi connectivity index (χ1) is 8.11. The smallest absolute Gasteiger partial charge is 0.222 e. The lowest BCUT2D eigenvalue weighted by molar-refractivity contribution is -0.121. The SMILES string of the molecule is N#Cc1ccc(N2CCC(C(N)=O)C2)cc1N. The highest BCUT2D eigenvalue weighted by molar-refractivity contribution is 5.78. The maximum atomic E-state index is 11.1. The first-order valence-electron chi connectivity index (χ1n) is 5.45. The van der Waals surface area contributed by atoms with Crippen molar-refractivity contribution < 1.29 is 4.79 Å². The van der Waals surface area contributed by atoms with E-state index in [0.717, 1.165) is 18.7 Å². The van der Waals surface area contributed by atoms with Crippen LogP contribution in [0.1, 0.15) is 12.0 Å². The Kier molecular flexibility index (Phi) is 2.88. The number of anilines is 2. The number of nitriles is 1. The van der Waals surface area contributed by atoms with Gasteiger partial charge in [-0.25, -0.2) is 0 Å². The third kappa shape index (κ3) is 2.16. The number of nitrogens with two attached hydrogens (primary N) is 2. The Morgan fingerprint density at radius 2 is 2.29 bits per heavy atom. The average Bonchev–Trinajstić information content (AvgIpc) is 2.78. The molecule has 0 radical (unpaired) electrons. The molecule has 5 nitrogen and oxygen atoms in total. The quantitative estimate of drug-likeness (QED) is 0.721. The van der Waals surface area contributed by atoms with Crippen LogP contribution in [0.3, 0.4) is 0 Å². The third-order valence-electron chi connectivity index (χ3n) is 3.11. The fourth-order valence-corrected chi connectivity index (χ4v) is 2.08. The number of nitrogens with zero attached hydrogens (tertiary/aromatic N) is 2. The highest BCUT2D eigenvalue weighted by atomic mass is 16.1. The second kappa shape index (κ2) is 4.34. The monoisotopic (exact) mass is 230 g/mol. The summed E-state index contributed by atoms with van der Waals surface area (Å²) in [4.78, 5) is 13.1. The van der Waals surface area contributed by atoms with Crippen LogP contribution in [0.5, 0.6) is 0 Å². The molecule has 1 unspecified atom stereocenters. The molecule has 0 bridgehead atoms. The first kappa shape index (κ1) is 11.3. The van der Waals surface area contributed by atoms with Crippen LogP contribution >= 0.6 is 0 Å². The van der Waals surface area contributed by atoms with E-state index >= 15 is 0 Å². The van der Waals surface area contributed by atoms with Crippen LogP contribution in [-0.4, -0.2) is 19.0 Å². The van der Waals surface area contributed by atoms with E-state index in [-0.39, 0.29) is 11.8 Å². The number of nitrogen functional groups attached to an aromatic ring is 1. The summed E-state index contributed by atoms with van der Waals surface area (Å²) in [6, 6.07) is 7.33. The highest BCUT2D eigenvalue weighted by Crippen LogP contribution is 2.26. The van der Waals surface area contributed by atoms with Crippen molar-refractivity contribution in [2.24, 2.45) is 11.7 Å². The molecule has 1 amide bonds. The summed E-state index contributed by atoms with van der Waals surface area (Å²) in [6.45, 7) is 1.42. The van der Waals surface area contributed by atoms with Crippen molar-refractivity contribution in [3.63, 3.8) is 0 Å². The molecule has 1 aromatic rings. The lowest BCUT2D eigenvalue weighted by atomic mass is 10.1. The average molecular weight is 230 g/mol. The molecule has 5 heteroatoms. The normalized spacial score (nSPS) is 19.0. The van der Waals surface area contributed by atoms with E-state index in [2.05, 4.69) is 4.90 Å². The van der Waals surface area contributed by atoms with E-state index in [1.807, 2.05) is 12.1 Å². The van der Waals surface area contributed by atoms with Crippen molar-refractivity contribution in [3.05, 3.63) is 23.8 Å². The molecule has 1 aliphatic rings. The molecule has 1 saturated heterocycles. The van der Waals surface area contributed by atoms with Gasteiger partial charge in [-0.1, -0.05) is 0 Å². The van der Waals surface area contributed by atoms with Crippen molar-refractivity contribution in [1.29, 1.82) is 5.26 Å². The van der Waals surface area contributed by atoms with Gasteiger partial charge in [-0.05, 0) is 24.6 Å². The lowest BCUT2D eigenvalue weighted by Gasteiger charge is -2.18. The molecule has 1 heterocycles. The van der Waals surface area contributed by atoms with E-state index in [1.165, 1.54) is 0 Å². The van der Waals surface area contributed by atoms with Crippen LogP contribution in [0.2, 0.25) is 0 Å². The maximum Gasteiger partial charge on any atom is 0.222 e. The molecule has 0 saturated carbocycles. The van der Waals surface area contributed by atoms with Gasteiger partial charge in [-0.3, -0.25) is 4.79 Å². The predicted molar refractivity (Wildman–Crippen MR) is 65.1 cm³/mol.